The second kappa shape index (κ2) is 11.5. The third-order valence-corrected chi connectivity index (χ3v) is 11.2. The lowest BCUT2D eigenvalue weighted by Crippen LogP contribution is -2.67. The largest absolute Gasteiger partial charge is 0.474 e. The summed E-state index contributed by atoms with van der Waals surface area (Å²) in [5, 5.41) is 17.0. The number of ether oxygens (including phenoxy) is 1. The molecule has 0 spiro atoms. The van der Waals surface area contributed by atoms with E-state index in [2.05, 4.69) is 81.2 Å². The minimum Gasteiger partial charge on any atom is -0.474 e. The molecule has 36 heavy (non-hydrogen) atoms. The monoisotopic (exact) mass is 503 g/mol. The van der Waals surface area contributed by atoms with E-state index in [1.807, 2.05) is 63.2 Å². The first kappa shape index (κ1) is 27.7. The van der Waals surface area contributed by atoms with Crippen molar-refractivity contribution < 1.29 is 14.3 Å². The lowest BCUT2D eigenvalue weighted by atomic mass is 10.0. The second-order valence-corrected chi connectivity index (χ2v) is 15.5. The Kier molecular flexibility index (Phi) is 8.83. The first-order valence-corrected chi connectivity index (χ1v) is 14.5. The number of benzene rings is 3. The Hall–Kier alpha value is -2.86. The number of hydrogen-bond acceptors (Lipinski definition) is 4. The average molecular weight is 504 g/mol. The normalized spacial score (nSPS) is 14.1. The van der Waals surface area contributed by atoms with E-state index >= 15 is 0 Å². The van der Waals surface area contributed by atoms with Crippen molar-refractivity contribution in [1.29, 1.82) is 0 Å². The number of aliphatic hydroxyl groups excluding tert-OH is 1. The van der Waals surface area contributed by atoms with E-state index in [0.29, 0.717) is 5.88 Å². The van der Waals surface area contributed by atoms with Gasteiger partial charge in [0.25, 0.3) is 8.32 Å². The number of nitrogens with one attached hydrogen (secondary N) is 1. The zero-order valence-electron chi connectivity index (χ0n) is 22.5. The van der Waals surface area contributed by atoms with Crippen LogP contribution in [0.1, 0.15) is 53.2 Å². The molecular formula is C31H41NO3Si. The fraction of sp³-hybridized carbons (Fsp3) is 0.355. The predicted octanol–water partition coefficient (Wildman–Crippen LogP) is 5.54. The van der Waals surface area contributed by atoms with Crippen LogP contribution in [0.15, 0.2) is 103 Å². The second-order valence-electron chi connectivity index (χ2n) is 11.2. The molecule has 4 nitrogen and oxygen atoms in total. The lowest BCUT2D eigenvalue weighted by Gasteiger charge is -2.44. The quantitative estimate of drug-likeness (QED) is 0.282. The first-order chi connectivity index (χ1) is 16.9. The SMILES string of the molecule is C=C(N[C@H](CO[Si](c1ccccc1)(c1ccccc1)C(C)(C)C)[C@H](O)c1ccccc1)OC(C)(C)C. The van der Waals surface area contributed by atoms with E-state index in [1.54, 1.807) is 0 Å². The average Bonchev–Trinajstić information content (AvgIpc) is 2.83. The van der Waals surface area contributed by atoms with Crippen molar-refractivity contribution in [3.05, 3.63) is 109 Å². The first-order valence-electron chi connectivity index (χ1n) is 12.6. The summed E-state index contributed by atoms with van der Waals surface area (Å²) in [7, 11) is -2.78. The van der Waals surface area contributed by atoms with Crippen molar-refractivity contribution in [2.24, 2.45) is 0 Å². The van der Waals surface area contributed by atoms with E-state index in [4.69, 9.17) is 9.16 Å². The highest BCUT2D eigenvalue weighted by molar-refractivity contribution is 6.99. The van der Waals surface area contributed by atoms with E-state index in [0.717, 1.165) is 5.56 Å². The van der Waals surface area contributed by atoms with Crippen LogP contribution < -0.4 is 15.7 Å². The number of hydrogen-bond donors (Lipinski definition) is 2. The van der Waals surface area contributed by atoms with Gasteiger partial charge >= 0.3 is 0 Å². The van der Waals surface area contributed by atoms with Crippen LogP contribution in [0.5, 0.6) is 0 Å². The van der Waals surface area contributed by atoms with Crippen LogP contribution in [-0.2, 0) is 9.16 Å². The van der Waals surface area contributed by atoms with Crippen LogP contribution in [0, 0.1) is 0 Å². The van der Waals surface area contributed by atoms with Crippen LogP contribution in [0.2, 0.25) is 5.04 Å². The highest BCUT2D eigenvalue weighted by atomic mass is 28.4. The van der Waals surface area contributed by atoms with Gasteiger partial charge in [-0.1, -0.05) is 112 Å². The Morgan fingerprint density at radius 1 is 0.806 bits per heavy atom. The summed E-state index contributed by atoms with van der Waals surface area (Å²) in [5.41, 5.74) is 0.398. The van der Waals surface area contributed by atoms with Gasteiger partial charge in [-0.3, -0.25) is 0 Å². The van der Waals surface area contributed by atoms with E-state index in [9.17, 15) is 5.11 Å². The Morgan fingerprint density at radius 2 is 1.25 bits per heavy atom. The van der Waals surface area contributed by atoms with Crippen LogP contribution in [0.25, 0.3) is 0 Å². The molecule has 3 rings (SSSR count). The van der Waals surface area contributed by atoms with E-state index in [-0.39, 0.29) is 11.6 Å². The Morgan fingerprint density at radius 3 is 1.67 bits per heavy atom. The molecule has 0 aliphatic heterocycles. The molecule has 2 N–H and O–H groups in total. The molecular weight excluding hydrogens is 462 g/mol. The van der Waals surface area contributed by atoms with Crippen LogP contribution in [0.4, 0.5) is 0 Å². The molecule has 0 unspecified atom stereocenters. The molecule has 0 bridgehead atoms. The number of aliphatic hydroxyl groups is 1. The maximum absolute atomic E-state index is 11.4. The topological polar surface area (TPSA) is 50.7 Å². The van der Waals surface area contributed by atoms with Gasteiger partial charge in [-0.2, -0.15) is 0 Å². The van der Waals surface area contributed by atoms with Gasteiger partial charge in [-0.25, -0.2) is 0 Å². The van der Waals surface area contributed by atoms with Crippen LogP contribution >= 0.6 is 0 Å². The molecule has 0 aliphatic carbocycles. The van der Waals surface area contributed by atoms with Gasteiger partial charge in [0.15, 0.2) is 5.88 Å². The molecule has 3 aromatic rings. The van der Waals surface area contributed by atoms with Crippen molar-refractivity contribution in [1.82, 2.24) is 5.32 Å². The van der Waals surface area contributed by atoms with Gasteiger partial charge < -0.3 is 19.6 Å². The summed E-state index contributed by atoms with van der Waals surface area (Å²) in [6, 6.07) is 30.2. The summed E-state index contributed by atoms with van der Waals surface area (Å²) in [5.74, 6) is 0.411. The van der Waals surface area contributed by atoms with Gasteiger partial charge in [0, 0.05) is 0 Å². The summed E-state index contributed by atoms with van der Waals surface area (Å²) in [6.45, 7) is 17.0. The van der Waals surface area contributed by atoms with Crippen molar-refractivity contribution in [3.63, 3.8) is 0 Å². The van der Waals surface area contributed by atoms with E-state index in [1.165, 1.54) is 10.4 Å². The Labute approximate surface area is 218 Å². The molecule has 0 fully saturated rings. The molecule has 0 radical (unpaired) electrons. The van der Waals surface area contributed by atoms with Gasteiger partial charge in [0.1, 0.15) is 11.7 Å². The summed E-state index contributed by atoms with van der Waals surface area (Å²) in [6.07, 6.45) is -0.815. The zero-order chi connectivity index (χ0) is 26.4. The standard InChI is InChI=1S/C31H41NO3Si/c1-24(35-30(2,3)4)32-28(29(33)25-17-11-8-12-18-25)23-34-36(31(5,6)7,26-19-13-9-14-20-26)27-21-15-10-16-22-27/h8-22,28-29,32-33H,1,23H2,2-7H3/t28-,29-/m1/s1. The molecule has 0 aromatic heterocycles. The van der Waals surface area contributed by atoms with Gasteiger partial charge in [-0.05, 0) is 48.3 Å². The lowest BCUT2D eigenvalue weighted by molar-refractivity contribution is 0.0222. The summed E-state index contributed by atoms with van der Waals surface area (Å²) < 4.78 is 13.1. The highest BCUT2D eigenvalue weighted by Gasteiger charge is 2.50. The van der Waals surface area contributed by atoms with E-state index < -0.39 is 26.1 Å². The molecule has 0 saturated heterocycles. The molecule has 5 heteroatoms. The maximum Gasteiger partial charge on any atom is 0.261 e. The molecule has 0 amide bonds. The molecule has 0 aliphatic rings. The Bertz CT molecular complexity index is 1050. The van der Waals surface area contributed by atoms with Crippen molar-refractivity contribution in [2.75, 3.05) is 6.61 Å². The van der Waals surface area contributed by atoms with Gasteiger partial charge in [0.05, 0.1) is 12.6 Å². The van der Waals surface area contributed by atoms with Gasteiger partial charge in [-0.15, -0.1) is 0 Å². The highest BCUT2D eigenvalue weighted by Crippen LogP contribution is 2.37. The smallest absolute Gasteiger partial charge is 0.261 e. The van der Waals surface area contributed by atoms with Crippen LogP contribution in [0.3, 0.4) is 0 Å². The van der Waals surface area contributed by atoms with Crippen molar-refractivity contribution in [2.45, 2.75) is 64.3 Å². The predicted molar refractivity (Wildman–Crippen MR) is 152 cm³/mol. The van der Waals surface area contributed by atoms with Crippen molar-refractivity contribution in [3.8, 4) is 0 Å². The molecule has 0 saturated carbocycles. The summed E-state index contributed by atoms with van der Waals surface area (Å²) in [4.78, 5) is 0. The minimum atomic E-state index is -2.78. The third-order valence-electron chi connectivity index (χ3n) is 6.19. The molecule has 192 valence electrons. The van der Waals surface area contributed by atoms with Crippen LogP contribution in [-0.4, -0.2) is 31.7 Å². The fourth-order valence-corrected chi connectivity index (χ4v) is 9.26. The molecule has 0 heterocycles. The minimum absolute atomic E-state index is 0.170. The Balaban J connectivity index is 2.03. The molecule has 2 atom stereocenters. The van der Waals surface area contributed by atoms with Crippen molar-refractivity contribution >= 4 is 18.7 Å². The van der Waals surface area contributed by atoms with Gasteiger partial charge in [0.2, 0.25) is 0 Å². The fourth-order valence-electron chi connectivity index (χ4n) is 4.68. The zero-order valence-corrected chi connectivity index (χ0v) is 23.5. The maximum atomic E-state index is 11.4. The summed E-state index contributed by atoms with van der Waals surface area (Å²) >= 11 is 0. The number of rotatable bonds is 10. The third kappa shape index (κ3) is 6.67. The molecule has 3 aromatic carbocycles.